The van der Waals surface area contributed by atoms with E-state index in [9.17, 15) is 0 Å². The molecule has 2 heterocycles. The second-order valence-electron chi connectivity index (χ2n) is 5.74. The molecule has 1 aliphatic heterocycles. The van der Waals surface area contributed by atoms with Gasteiger partial charge in [0.1, 0.15) is 0 Å². The van der Waals surface area contributed by atoms with Gasteiger partial charge >= 0.3 is 0 Å². The van der Waals surface area contributed by atoms with Gasteiger partial charge in [-0.15, -0.1) is 0 Å². The standard InChI is InChI=1S/C17H23N3O/c18-20-17(7-1-5-15-6-3-11-21-15)14-8-9-16-13(12-14)4-2-10-19-16/h2,4,8-10,12,15,17,20H,1,3,5-7,11,18H2. The van der Waals surface area contributed by atoms with Gasteiger partial charge in [-0.3, -0.25) is 16.3 Å². The van der Waals surface area contributed by atoms with Crippen molar-refractivity contribution in [1.82, 2.24) is 10.4 Å². The summed E-state index contributed by atoms with van der Waals surface area (Å²) < 4.78 is 5.67. The maximum Gasteiger partial charge on any atom is 0.0702 e. The van der Waals surface area contributed by atoms with Gasteiger partial charge in [0, 0.05) is 24.2 Å². The molecule has 4 nitrogen and oxygen atoms in total. The first-order chi connectivity index (χ1) is 10.4. The molecule has 0 spiro atoms. The Bertz CT molecular complexity index is 581. The van der Waals surface area contributed by atoms with Gasteiger partial charge in [-0.1, -0.05) is 12.1 Å². The van der Waals surface area contributed by atoms with Gasteiger partial charge < -0.3 is 4.74 Å². The average Bonchev–Trinajstić information content (AvgIpc) is 3.04. The third-order valence-electron chi connectivity index (χ3n) is 4.27. The Labute approximate surface area is 125 Å². The van der Waals surface area contributed by atoms with E-state index in [0.29, 0.717) is 6.10 Å². The molecule has 0 saturated carbocycles. The molecule has 21 heavy (non-hydrogen) atoms. The van der Waals surface area contributed by atoms with E-state index in [1.54, 1.807) is 0 Å². The summed E-state index contributed by atoms with van der Waals surface area (Å²) in [5.74, 6) is 5.75. The van der Waals surface area contributed by atoms with E-state index in [0.717, 1.165) is 36.8 Å². The van der Waals surface area contributed by atoms with Crippen molar-refractivity contribution < 1.29 is 4.74 Å². The summed E-state index contributed by atoms with van der Waals surface area (Å²) in [6.45, 7) is 0.931. The van der Waals surface area contributed by atoms with Crippen LogP contribution in [0, 0.1) is 0 Å². The van der Waals surface area contributed by atoms with Crippen molar-refractivity contribution in [2.75, 3.05) is 6.61 Å². The lowest BCUT2D eigenvalue weighted by molar-refractivity contribution is 0.101. The Kier molecular flexibility index (Phi) is 4.80. The zero-order valence-electron chi connectivity index (χ0n) is 12.3. The highest BCUT2D eigenvalue weighted by atomic mass is 16.5. The lowest BCUT2D eigenvalue weighted by Crippen LogP contribution is -2.28. The third kappa shape index (κ3) is 3.59. The zero-order valence-corrected chi connectivity index (χ0v) is 12.3. The summed E-state index contributed by atoms with van der Waals surface area (Å²) in [5, 5.41) is 1.16. The van der Waals surface area contributed by atoms with E-state index >= 15 is 0 Å². The second-order valence-corrected chi connectivity index (χ2v) is 5.74. The minimum Gasteiger partial charge on any atom is -0.378 e. The number of hydrazine groups is 1. The van der Waals surface area contributed by atoms with Gasteiger partial charge in [0.05, 0.1) is 11.6 Å². The number of ether oxygens (including phenoxy) is 1. The summed E-state index contributed by atoms with van der Waals surface area (Å²) in [6.07, 6.45) is 8.00. The SMILES string of the molecule is NNC(CCCC1CCCO1)c1ccc2ncccc2c1. The van der Waals surface area contributed by atoms with E-state index in [1.807, 2.05) is 12.3 Å². The lowest BCUT2D eigenvalue weighted by Gasteiger charge is -2.18. The Morgan fingerprint density at radius 1 is 1.38 bits per heavy atom. The topological polar surface area (TPSA) is 60.2 Å². The summed E-state index contributed by atoms with van der Waals surface area (Å²) in [6, 6.07) is 10.6. The van der Waals surface area contributed by atoms with E-state index in [-0.39, 0.29) is 6.04 Å². The predicted molar refractivity (Wildman–Crippen MR) is 84.6 cm³/mol. The van der Waals surface area contributed by atoms with Crippen molar-refractivity contribution in [2.45, 2.75) is 44.2 Å². The molecule has 0 radical (unpaired) electrons. The van der Waals surface area contributed by atoms with Crippen LogP contribution in [0.1, 0.15) is 43.7 Å². The fraction of sp³-hybridized carbons (Fsp3) is 0.471. The van der Waals surface area contributed by atoms with Gasteiger partial charge in [0.15, 0.2) is 0 Å². The average molecular weight is 285 g/mol. The minimum atomic E-state index is 0.191. The molecule has 1 saturated heterocycles. The molecule has 1 aromatic heterocycles. The van der Waals surface area contributed by atoms with Crippen LogP contribution in [0.15, 0.2) is 36.5 Å². The molecule has 3 N–H and O–H groups in total. The van der Waals surface area contributed by atoms with Crippen LogP contribution in [-0.2, 0) is 4.74 Å². The molecule has 0 aliphatic carbocycles. The Morgan fingerprint density at radius 3 is 3.14 bits per heavy atom. The fourth-order valence-corrected chi connectivity index (χ4v) is 3.08. The number of fused-ring (bicyclic) bond motifs is 1. The molecule has 112 valence electrons. The number of nitrogens with one attached hydrogen (secondary N) is 1. The van der Waals surface area contributed by atoms with E-state index in [4.69, 9.17) is 10.6 Å². The highest BCUT2D eigenvalue weighted by molar-refractivity contribution is 5.79. The van der Waals surface area contributed by atoms with Crippen LogP contribution in [0.4, 0.5) is 0 Å². The van der Waals surface area contributed by atoms with Crippen molar-refractivity contribution in [2.24, 2.45) is 5.84 Å². The van der Waals surface area contributed by atoms with Crippen LogP contribution < -0.4 is 11.3 Å². The quantitative estimate of drug-likeness (QED) is 0.632. The van der Waals surface area contributed by atoms with Gasteiger partial charge in [0.2, 0.25) is 0 Å². The molecular formula is C17H23N3O. The number of pyridine rings is 1. The smallest absolute Gasteiger partial charge is 0.0702 e. The van der Waals surface area contributed by atoms with Gasteiger partial charge in [-0.2, -0.15) is 0 Å². The normalized spacial score (nSPS) is 20.0. The molecule has 1 fully saturated rings. The van der Waals surface area contributed by atoms with Crippen LogP contribution in [0.3, 0.4) is 0 Å². The number of rotatable bonds is 6. The number of nitrogens with two attached hydrogens (primary N) is 1. The van der Waals surface area contributed by atoms with Crippen LogP contribution in [0.5, 0.6) is 0 Å². The molecular weight excluding hydrogens is 262 g/mol. The predicted octanol–water partition coefficient (Wildman–Crippen LogP) is 3.09. The number of hydrogen-bond donors (Lipinski definition) is 2. The van der Waals surface area contributed by atoms with E-state index < -0.39 is 0 Å². The highest BCUT2D eigenvalue weighted by Gasteiger charge is 2.16. The molecule has 0 bridgehead atoms. The first-order valence-corrected chi connectivity index (χ1v) is 7.79. The summed E-state index contributed by atoms with van der Waals surface area (Å²) in [4.78, 5) is 4.35. The van der Waals surface area contributed by atoms with E-state index in [1.165, 1.54) is 18.4 Å². The number of hydrogen-bond acceptors (Lipinski definition) is 4. The Hall–Kier alpha value is -1.49. The Morgan fingerprint density at radius 2 is 2.33 bits per heavy atom. The van der Waals surface area contributed by atoms with Crippen LogP contribution >= 0.6 is 0 Å². The molecule has 2 atom stereocenters. The van der Waals surface area contributed by atoms with Crippen molar-refractivity contribution in [1.29, 1.82) is 0 Å². The molecule has 3 rings (SSSR count). The number of benzene rings is 1. The minimum absolute atomic E-state index is 0.191. The van der Waals surface area contributed by atoms with Crippen molar-refractivity contribution in [3.8, 4) is 0 Å². The zero-order chi connectivity index (χ0) is 14.5. The van der Waals surface area contributed by atoms with Gasteiger partial charge in [-0.05, 0) is 55.9 Å². The Balaban J connectivity index is 1.63. The van der Waals surface area contributed by atoms with Crippen LogP contribution in [0.25, 0.3) is 10.9 Å². The van der Waals surface area contributed by atoms with Crippen molar-refractivity contribution in [3.63, 3.8) is 0 Å². The number of aromatic nitrogens is 1. The van der Waals surface area contributed by atoms with Gasteiger partial charge in [0.25, 0.3) is 0 Å². The maximum absolute atomic E-state index is 5.75. The molecule has 2 aromatic rings. The van der Waals surface area contributed by atoms with Gasteiger partial charge in [-0.25, -0.2) is 0 Å². The first kappa shape index (κ1) is 14.4. The summed E-state index contributed by atoms with van der Waals surface area (Å²) in [7, 11) is 0. The van der Waals surface area contributed by atoms with Crippen LogP contribution in [0.2, 0.25) is 0 Å². The molecule has 1 aromatic carbocycles. The summed E-state index contributed by atoms with van der Waals surface area (Å²) >= 11 is 0. The second kappa shape index (κ2) is 6.98. The molecule has 0 amide bonds. The van der Waals surface area contributed by atoms with E-state index in [2.05, 4.69) is 34.7 Å². The molecule has 1 aliphatic rings. The lowest BCUT2D eigenvalue weighted by atomic mass is 9.98. The number of nitrogens with zero attached hydrogens (tertiary/aromatic N) is 1. The van der Waals surface area contributed by atoms with Crippen LogP contribution in [-0.4, -0.2) is 17.7 Å². The van der Waals surface area contributed by atoms with Crippen molar-refractivity contribution >= 4 is 10.9 Å². The molecule has 4 heteroatoms. The largest absolute Gasteiger partial charge is 0.378 e. The fourth-order valence-electron chi connectivity index (χ4n) is 3.08. The van der Waals surface area contributed by atoms with Crippen molar-refractivity contribution in [3.05, 3.63) is 42.1 Å². The third-order valence-corrected chi connectivity index (χ3v) is 4.27. The summed E-state index contributed by atoms with van der Waals surface area (Å²) in [5.41, 5.74) is 5.20. The maximum atomic E-state index is 5.75. The highest BCUT2D eigenvalue weighted by Crippen LogP contribution is 2.24. The molecule has 2 unspecified atom stereocenters. The first-order valence-electron chi connectivity index (χ1n) is 7.79. The monoisotopic (exact) mass is 285 g/mol.